The minimum absolute atomic E-state index is 0.00170. The van der Waals surface area contributed by atoms with Crippen LogP contribution in [0.3, 0.4) is 0 Å². The van der Waals surface area contributed by atoms with Gasteiger partial charge in [-0.05, 0) is 74.1 Å². The van der Waals surface area contributed by atoms with Crippen molar-refractivity contribution in [3.8, 4) is 56.4 Å². The van der Waals surface area contributed by atoms with Crippen LogP contribution in [-0.4, -0.2) is 15.0 Å². The van der Waals surface area contributed by atoms with Gasteiger partial charge in [-0.25, -0.2) is 15.0 Å². The molecule has 0 radical (unpaired) electrons. The molecule has 10 rings (SSSR count). The predicted octanol–water partition coefficient (Wildman–Crippen LogP) is 12.4. The molecule has 51 heavy (non-hydrogen) atoms. The highest BCUT2D eigenvalue weighted by atomic mass is 16.3. The molecule has 2 aromatic heterocycles. The van der Waals surface area contributed by atoms with Gasteiger partial charge in [0.15, 0.2) is 17.5 Å². The van der Waals surface area contributed by atoms with Crippen molar-refractivity contribution < 1.29 is 16.8 Å². The number of benzene rings is 8. The Morgan fingerprint density at radius 3 is 2.02 bits per heavy atom. The van der Waals surface area contributed by atoms with Crippen LogP contribution in [-0.2, 0) is 0 Å². The number of fused-ring (bicyclic) bond motifs is 5. The first kappa shape index (κ1) is 21.2. The molecule has 4 heteroatoms. The van der Waals surface area contributed by atoms with Gasteiger partial charge in [-0.3, -0.25) is 0 Å². The van der Waals surface area contributed by atoms with Crippen LogP contribution in [0.5, 0.6) is 0 Å². The summed E-state index contributed by atoms with van der Waals surface area (Å²) in [7, 11) is 0. The van der Waals surface area contributed by atoms with Crippen molar-refractivity contribution in [2.75, 3.05) is 0 Å². The molecule has 0 unspecified atom stereocenters. The van der Waals surface area contributed by atoms with E-state index in [9.17, 15) is 0 Å². The van der Waals surface area contributed by atoms with Gasteiger partial charge in [0.05, 0.1) is 12.3 Å². The van der Waals surface area contributed by atoms with Gasteiger partial charge in [-0.15, -0.1) is 0 Å². The SMILES string of the molecule is [2H]c1cc([2H])c2oc3c([2H])c([2H])c(-c4ccccc4)cc3c2c1-c1ccc2ccc(-c3nc(-c4c([2H])c([2H])c([2H])c([2H])c4[2H])nc(-c4cccc5ccccc45)n3)cc2c1. The third-order valence-corrected chi connectivity index (χ3v) is 9.08. The first-order valence-corrected chi connectivity index (χ1v) is 16.4. The summed E-state index contributed by atoms with van der Waals surface area (Å²) in [5.41, 5.74) is 3.95. The fraction of sp³-hybridized carbons (Fsp3) is 0. The third-order valence-electron chi connectivity index (χ3n) is 9.08. The second kappa shape index (κ2) is 11.9. The standard InChI is InChI=1S/C47H29N3O/c1-3-11-30(12-4-1)34-25-26-42-41(29-34)44-39(18-10-20-43(44)51-42)35-23-21-31-22-24-36(28-37(31)27-35)46-48-45(33-14-5-2-6-15-33)49-47(50-46)40-19-9-16-32-13-7-8-17-38(32)40/h1-29H/i2D,5D,6D,14D,15D,18D,20D,25D,26D. The van der Waals surface area contributed by atoms with Crippen LogP contribution in [0, 0.1) is 0 Å². The maximum Gasteiger partial charge on any atom is 0.164 e. The smallest absolute Gasteiger partial charge is 0.164 e. The quantitative estimate of drug-likeness (QED) is 0.184. The molecule has 0 saturated heterocycles. The summed E-state index contributed by atoms with van der Waals surface area (Å²) >= 11 is 0. The average Bonchev–Trinajstić information content (AvgIpc) is 3.66. The van der Waals surface area contributed by atoms with Gasteiger partial charge < -0.3 is 4.42 Å². The highest BCUT2D eigenvalue weighted by Crippen LogP contribution is 2.39. The zero-order valence-electron chi connectivity index (χ0n) is 35.8. The Morgan fingerprint density at radius 2 is 1.14 bits per heavy atom. The predicted molar refractivity (Wildman–Crippen MR) is 209 cm³/mol. The van der Waals surface area contributed by atoms with Crippen molar-refractivity contribution >= 4 is 43.5 Å². The Balaban J connectivity index is 1.19. The van der Waals surface area contributed by atoms with E-state index in [0.717, 1.165) is 27.1 Å². The van der Waals surface area contributed by atoms with Crippen molar-refractivity contribution in [3.05, 3.63) is 176 Å². The molecule has 10 aromatic rings. The molecule has 4 nitrogen and oxygen atoms in total. The molecule has 8 aromatic carbocycles. The molecular formula is C47H29N3O. The first-order chi connectivity index (χ1) is 29.0. The van der Waals surface area contributed by atoms with Gasteiger partial charge in [0, 0.05) is 27.5 Å². The van der Waals surface area contributed by atoms with E-state index < -0.39 is 30.2 Å². The van der Waals surface area contributed by atoms with E-state index in [-0.39, 0.29) is 58.4 Å². The number of nitrogens with zero attached hydrogens (tertiary/aromatic N) is 3. The molecule has 0 fully saturated rings. The van der Waals surface area contributed by atoms with Crippen molar-refractivity contribution in [3.63, 3.8) is 0 Å². The van der Waals surface area contributed by atoms with E-state index >= 15 is 0 Å². The zero-order chi connectivity index (χ0) is 41.6. The van der Waals surface area contributed by atoms with Gasteiger partial charge in [-0.2, -0.15) is 0 Å². The van der Waals surface area contributed by atoms with Gasteiger partial charge in [-0.1, -0.05) is 145 Å². The second-order valence-corrected chi connectivity index (χ2v) is 12.1. The topological polar surface area (TPSA) is 51.8 Å². The highest BCUT2D eigenvalue weighted by molar-refractivity contribution is 6.13. The number of rotatable bonds is 5. The van der Waals surface area contributed by atoms with E-state index in [1.54, 1.807) is 6.07 Å². The van der Waals surface area contributed by atoms with E-state index in [1.165, 1.54) is 6.07 Å². The summed E-state index contributed by atoms with van der Waals surface area (Å²) in [6.45, 7) is 0. The average molecular weight is 661 g/mol. The lowest BCUT2D eigenvalue weighted by Crippen LogP contribution is -2.00. The molecule has 0 spiro atoms. The molecule has 0 N–H and O–H groups in total. The van der Waals surface area contributed by atoms with Gasteiger partial charge in [0.2, 0.25) is 0 Å². The van der Waals surface area contributed by atoms with E-state index in [2.05, 4.69) is 0 Å². The second-order valence-electron chi connectivity index (χ2n) is 12.1. The Kier molecular flexibility index (Phi) is 4.96. The van der Waals surface area contributed by atoms with Crippen molar-refractivity contribution in [1.29, 1.82) is 0 Å². The maximum atomic E-state index is 9.15. The molecule has 0 saturated carbocycles. The van der Waals surface area contributed by atoms with Crippen LogP contribution in [0.25, 0.3) is 99.9 Å². The van der Waals surface area contributed by atoms with E-state index in [1.807, 2.05) is 109 Å². The number of hydrogen-bond donors (Lipinski definition) is 0. The summed E-state index contributed by atoms with van der Waals surface area (Å²) in [5, 5.41) is 4.47. The molecule has 0 atom stereocenters. The van der Waals surface area contributed by atoms with Crippen molar-refractivity contribution in [2.45, 2.75) is 0 Å². The minimum Gasteiger partial charge on any atom is -0.456 e. The summed E-state index contributed by atoms with van der Waals surface area (Å²) in [5.74, 6) is 0.403. The first-order valence-electron chi connectivity index (χ1n) is 20.9. The highest BCUT2D eigenvalue weighted by Gasteiger charge is 2.16. The molecule has 238 valence electrons. The molecule has 0 aliphatic rings. The van der Waals surface area contributed by atoms with Gasteiger partial charge >= 0.3 is 0 Å². The van der Waals surface area contributed by atoms with Gasteiger partial charge in [0.25, 0.3) is 0 Å². The Morgan fingerprint density at radius 1 is 0.392 bits per heavy atom. The van der Waals surface area contributed by atoms with Crippen LogP contribution >= 0.6 is 0 Å². The van der Waals surface area contributed by atoms with Crippen molar-refractivity contribution in [2.24, 2.45) is 0 Å². The zero-order valence-corrected chi connectivity index (χ0v) is 26.8. The molecule has 0 aliphatic heterocycles. The fourth-order valence-electron chi connectivity index (χ4n) is 6.64. The minimum atomic E-state index is -0.519. The molecule has 2 heterocycles. The Bertz CT molecular complexity index is 3410. The van der Waals surface area contributed by atoms with Crippen molar-refractivity contribution in [1.82, 2.24) is 15.0 Å². The Hall–Kier alpha value is -6.91. The van der Waals surface area contributed by atoms with Gasteiger partial charge in [0.1, 0.15) is 11.2 Å². The van der Waals surface area contributed by atoms with Crippen LogP contribution in [0.4, 0.5) is 0 Å². The summed E-state index contributed by atoms with van der Waals surface area (Å²) in [6, 6.07) is 35.1. The van der Waals surface area contributed by atoms with Crippen LogP contribution in [0.1, 0.15) is 12.3 Å². The number of aromatic nitrogens is 3. The lowest BCUT2D eigenvalue weighted by Gasteiger charge is -2.11. The molecular weight excluding hydrogens is 623 g/mol. The monoisotopic (exact) mass is 660 g/mol. The number of furan rings is 1. The summed E-state index contributed by atoms with van der Waals surface area (Å²) in [6.07, 6.45) is 0. The fourth-order valence-corrected chi connectivity index (χ4v) is 6.64. The van der Waals surface area contributed by atoms with E-state index in [0.29, 0.717) is 38.6 Å². The third kappa shape index (κ3) is 5.13. The Labute approximate surface area is 307 Å². The van der Waals surface area contributed by atoms with E-state index in [4.69, 9.17) is 31.7 Å². The number of hydrogen-bond acceptors (Lipinski definition) is 4. The lowest BCUT2D eigenvalue weighted by molar-refractivity contribution is 0.669. The largest absolute Gasteiger partial charge is 0.456 e. The summed E-state index contributed by atoms with van der Waals surface area (Å²) in [4.78, 5) is 14.4. The summed E-state index contributed by atoms with van der Waals surface area (Å²) < 4.78 is 84.2. The molecule has 0 bridgehead atoms. The van der Waals surface area contributed by atoms with Crippen LogP contribution in [0.15, 0.2) is 180 Å². The molecule has 0 amide bonds. The normalized spacial score (nSPS) is 14.0. The van der Waals surface area contributed by atoms with Crippen LogP contribution < -0.4 is 0 Å². The molecule has 0 aliphatic carbocycles. The van der Waals surface area contributed by atoms with Crippen LogP contribution in [0.2, 0.25) is 0 Å². The maximum absolute atomic E-state index is 9.15. The lowest BCUT2D eigenvalue weighted by atomic mass is 9.95.